The third kappa shape index (κ3) is 3.05. The third-order valence-electron chi connectivity index (χ3n) is 3.82. The number of fused-ring (bicyclic) bond motifs is 1. The van der Waals surface area contributed by atoms with Gasteiger partial charge in [-0.05, 0) is 55.0 Å². The van der Waals surface area contributed by atoms with Crippen LogP contribution in [0.5, 0.6) is 0 Å². The van der Waals surface area contributed by atoms with Crippen LogP contribution in [0.3, 0.4) is 0 Å². The molecule has 1 aromatic heterocycles. The van der Waals surface area contributed by atoms with Crippen molar-refractivity contribution >= 4 is 11.8 Å². The molecule has 0 aliphatic heterocycles. The second kappa shape index (κ2) is 5.95. The molecule has 1 N–H and O–H groups in total. The lowest BCUT2D eigenvalue weighted by atomic mass is 9.90. The van der Waals surface area contributed by atoms with E-state index in [1.807, 2.05) is 18.2 Å². The SMILES string of the molecule is O=C(COC(=O)c1ccc[nH]1)c1ccc2c(c1)CCCC2. The first-order valence-electron chi connectivity index (χ1n) is 7.19. The number of aromatic nitrogens is 1. The number of hydrogen-bond acceptors (Lipinski definition) is 3. The zero-order chi connectivity index (χ0) is 14.7. The molecule has 2 aromatic rings. The number of benzene rings is 1. The van der Waals surface area contributed by atoms with E-state index in [1.165, 1.54) is 24.0 Å². The Balaban J connectivity index is 1.64. The Hall–Kier alpha value is -2.36. The minimum Gasteiger partial charge on any atom is -0.453 e. The highest BCUT2D eigenvalue weighted by atomic mass is 16.5. The number of H-pyrrole nitrogens is 1. The summed E-state index contributed by atoms with van der Waals surface area (Å²) < 4.78 is 5.03. The largest absolute Gasteiger partial charge is 0.453 e. The van der Waals surface area contributed by atoms with Gasteiger partial charge < -0.3 is 9.72 Å². The summed E-state index contributed by atoms with van der Waals surface area (Å²) in [5.41, 5.74) is 3.56. The van der Waals surface area contributed by atoms with Crippen LogP contribution in [0, 0.1) is 0 Å². The summed E-state index contributed by atoms with van der Waals surface area (Å²) in [7, 11) is 0. The van der Waals surface area contributed by atoms with Gasteiger partial charge in [-0.1, -0.05) is 12.1 Å². The number of ketones is 1. The molecular formula is C17H17NO3. The van der Waals surface area contributed by atoms with Crippen molar-refractivity contribution in [1.82, 2.24) is 4.98 Å². The fourth-order valence-corrected chi connectivity index (χ4v) is 2.66. The van der Waals surface area contributed by atoms with E-state index in [4.69, 9.17) is 4.74 Å². The normalized spacial score (nSPS) is 13.5. The smallest absolute Gasteiger partial charge is 0.355 e. The molecule has 4 nitrogen and oxygen atoms in total. The van der Waals surface area contributed by atoms with Gasteiger partial charge in [0.15, 0.2) is 12.4 Å². The number of aryl methyl sites for hydroxylation is 2. The molecule has 4 heteroatoms. The molecule has 0 fully saturated rings. The summed E-state index contributed by atoms with van der Waals surface area (Å²) in [6.07, 6.45) is 6.15. The summed E-state index contributed by atoms with van der Waals surface area (Å²) in [4.78, 5) is 26.5. The average Bonchev–Trinajstić information content (AvgIpc) is 3.06. The predicted octanol–water partition coefficient (Wildman–Crippen LogP) is 2.93. The highest BCUT2D eigenvalue weighted by Gasteiger charge is 2.15. The Bertz CT molecular complexity index is 659. The summed E-state index contributed by atoms with van der Waals surface area (Å²) in [5.74, 6) is -0.672. The fourth-order valence-electron chi connectivity index (χ4n) is 2.66. The lowest BCUT2D eigenvalue weighted by Gasteiger charge is -2.16. The van der Waals surface area contributed by atoms with Gasteiger partial charge in [-0.15, -0.1) is 0 Å². The molecule has 1 aliphatic carbocycles. The highest BCUT2D eigenvalue weighted by molar-refractivity contribution is 5.99. The van der Waals surface area contributed by atoms with Gasteiger partial charge in [0.1, 0.15) is 5.69 Å². The van der Waals surface area contributed by atoms with Gasteiger partial charge >= 0.3 is 5.97 Å². The number of carbonyl (C=O) groups excluding carboxylic acids is 2. The lowest BCUT2D eigenvalue weighted by Crippen LogP contribution is -2.15. The van der Waals surface area contributed by atoms with Crippen LogP contribution in [-0.4, -0.2) is 23.3 Å². The van der Waals surface area contributed by atoms with Crippen LogP contribution < -0.4 is 0 Å². The summed E-state index contributed by atoms with van der Waals surface area (Å²) in [5, 5.41) is 0. The summed E-state index contributed by atoms with van der Waals surface area (Å²) >= 11 is 0. The second-order valence-corrected chi connectivity index (χ2v) is 5.27. The van der Waals surface area contributed by atoms with Crippen LogP contribution in [0.2, 0.25) is 0 Å². The second-order valence-electron chi connectivity index (χ2n) is 5.27. The molecule has 21 heavy (non-hydrogen) atoms. The lowest BCUT2D eigenvalue weighted by molar-refractivity contribution is 0.0469. The first-order chi connectivity index (χ1) is 10.2. The maximum absolute atomic E-state index is 12.1. The number of ether oxygens (including phenoxy) is 1. The van der Waals surface area contributed by atoms with E-state index in [9.17, 15) is 9.59 Å². The molecule has 1 aromatic carbocycles. The van der Waals surface area contributed by atoms with Gasteiger partial charge in [0.25, 0.3) is 0 Å². The monoisotopic (exact) mass is 283 g/mol. The van der Waals surface area contributed by atoms with E-state index in [1.54, 1.807) is 18.3 Å². The molecule has 0 saturated heterocycles. The number of esters is 1. The number of carbonyl (C=O) groups is 2. The highest BCUT2D eigenvalue weighted by Crippen LogP contribution is 2.22. The Labute approximate surface area is 123 Å². The predicted molar refractivity (Wildman–Crippen MR) is 78.5 cm³/mol. The van der Waals surface area contributed by atoms with Gasteiger partial charge in [0, 0.05) is 11.8 Å². The van der Waals surface area contributed by atoms with Crippen molar-refractivity contribution in [3.8, 4) is 0 Å². The first-order valence-corrected chi connectivity index (χ1v) is 7.19. The number of hydrogen-bond donors (Lipinski definition) is 1. The third-order valence-corrected chi connectivity index (χ3v) is 3.82. The van der Waals surface area contributed by atoms with Gasteiger partial charge in [-0.3, -0.25) is 4.79 Å². The number of aromatic amines is 1. The molecular weight excluding hydrogens is 266 g/mol. The van der Waals surface area contributed by atoms with Crippen LogP contribution in [0.1, 0.15) is 44.8 Å². The van der Waals surface area contributed by atoms with Crippen LogP contribution in [-0.2, 0) is 17.6 Å². The van der Waals surface area contributed by atoms with Crippen molar-refractivity contribution in [2.24, 2.45) is 0 Å². The van der Waals surface area contributed by atoms with Crippen LogP contribution in [0.15, 0.2) is 36.5 Å². The van der Waals surface area contributed by atoms with Crippen molar-refractivity contribution in [1.29, 1.82) is 0 Å². The molecule has 3 rings (SSSR count). The number of nitrogens with one attached hydrogen (secondary N) is 1. The molecule has 0 unspecified atom stereocenters. The van der Waals surface area contributed by atoms with E-state index in [-0.39, 0.29) is 12.4 Å². The van der Waals surface area contributed by atoms with Crippen LogP contribution >= 0.6 is 0 Å². The Kier molecular flexibility index (Phi) is 3.86. The van der Waals surface area contributed by atoms with Crippen molar-refractivity contribution in [2.45, 2.75) is 25.7 Å². The Morgan fingerprint density at radius 2 is 1.90 bits per heavy atom. The Morgan fingerprint density at radius 3 is 2.67 bits per heavy atom. The van der Waals surface area contributed by atoms with Crippen molar-refractivity contribution in [3.05, 3.63) is 58.9 Å². The van der Waals surface area contributed by atoms with Crippen molar-refractivity contribution in [3.63, 3.8) is 0 Å². The molecule has 108 valence electrons. The van der Waals surface area contributed by atoms with E-state index in [2.05, 4.69) is 4.98 Å². The zero-order valence-electron chi connectivity index (χ0n) is 11.7. The molecule has 1 heterocycles. The molecule has 1 aliphatic rings. The summed E-state index contributed by atoms with van der Waals surface area (Å²) in [6.45, 7) is -0.226. The molecule has 0 atom stereocenters. The van der Waals surface area contributed by atoms with E-state index in [0.717, 1.165) is 12.8 Å². The summed E-state index contributed by atoms with van der Waals surface area (Å²) in [6, 6.07) is 9.12. The van der Waals surface area contributed by atoms with Crippen molar-refractivity contribution in [2.75, 3.05) is 6.61 Å². The molecule has 0 saturated carbocycles. The van der Waals surface area contributed by atoms with E-state index < -0.39 is 5.97 Å². The van der Waals surface area contributed by atoms with Crippen LogP contribution in [0.25, 0.3) is 0 Å². The average molecular weight is 283 g/mol. The van der Waals surface area contributed by atoms with Gasteiger partial charge in [0.2, 0.25) is 0 Å². The number of Topliss-reactive ketones (excluding diaryl/α,β-unsaturated/α-hetero) is 1. The van der Waals surface area contributed by atoms with Gasteiger partial charge in [-0.25, -0.2) is 4.79 Å². The van der Waals surface area contributed by atoms with Gasteiger partial charge in [-0.2, -0.15) is 0 Å². The molecule has 0 spiro atoms. The molecule has 0 radical (unpaired) electrons. The van der Waals surface area contributed by atoms with Gasteiger partial charge in [0.05, 0.1) is 0 Å². The fraction of sp³-hybridized carbons (Fsp3) is 0.294. The maximum Gasteiger partial charge on any atom is 0.355 e. The topological polar surface area (TPSA) is 59.2 Å². The molecule has 0 bridgehead atoms. The minimum absolute atomic E-state index is 0.164. The molecule has 0 amide bonds. The van der Waals surface area contributed by atoms with E-state index >= 15 is 0 Å². The standard InChI is InChI=1S/C17H17NO3/c19-16(11-21-17(20)15-6-3-9-18-15)14-8-7-12-4-1-2-5-13(12)10-14/h3,6-10,18H,1-2,4-5,11H2. The maximum atomic E-state index is 12.1. The Morgan fingerprint density at radius 1 is 1.10 bits per heavy atom. The van der Waals surface area contributed by atoms with E-state index in [0.29, 0.717) is 11.3 Å². The van der Waals surface area contributed by atoms with Crippen LogP contribution in [0.4, 0.5) is 0 Å². The quantitative estimate of drug-likeness (QED) is 0.693. The first kappa shape index (κ1) is 13.6. The zero-order valence-corrected chi connectivity index (χ0v) is 11.7. The minimum atomic E-state index is -0.508. The van der Waals surface area contributed by atoms with Crippen molar-refractivity contribution < 1.29 is 14.3 Å². The number of rotatable bonds is 4.